The minimum absolute atomic E-state index is 0. The van der Waals surface area contributed by atoms with Crippen molar-refractivity contribution in [1.82, 2.24) is 15.5 Å². The lowest BCUT2D eigenvalue weighted by Crippen LogP contribution is -2.55. The summed E-state index contributed by atoms with van der Waals surface area (Å²) < 4.78 is 0. The van der Waals surface area contributed by atoms with E-state index in [1.807, 2.05) is 17.0 Å². The van der Waals surface area contributed by atoms with Crippen molar-refractivity contribution in [3.63, 3.8) is 0 Å². The van der Waals surface area contributed by atoms with Gasteiger partial charge in [-0.3, -0.25) is 9.59 Å². The summed E-state index contributed by atoms with van der Waals surface area (Å²) in [6.45, 7) is 3.68. The van der Waals surface area contributed by atoms with Crippen LogP contribution in [0.1, 0.15) is 30.9 Å². The fourth-order valence-electron chi connectivity index (χ4n) is 3.43. The summed E-state index contributed by atoms with van der Waals surface area (Å²) in [4.78, 5) is 25.8. The Bertz CT molecular complexity index is 579. The number of piperidine rings is 1. The number of nitrogens with zero attached hydrogens (tertiary/aromatic N) is 1. The van der Waals surface area contributed by atoms with Crippen molar-refractivity contribution >= 4 is 24.2 Å². The van der Waals surface area contributed by atoms with Gasteiger partial charge in [-0.25, -0.2) is 0 Å². The average molecular weight is 338 g/mol. The molecule has 1 saturated heterocycles. The molecule has 0 bridgehead atoms. The summed E-state index contributed by atoms with van der Waals surface area (Å²) in [6.07, 6.45) is 2.64. The van der Waals surface area contributed by atoms with Crippen LogP contribution in [0.2, 0.25) is 0 Å². The molecule has 2 N–H and O–H groups in total. The van der Waals surface area contributed by atoms with Crippen LogP contribution in [0, 0.1) is 0 Å². The Morgan fingerprint density at radius 2 is 2.00 bits per heavy atom. The Labute approximate surface area is 143 Å². The maximum absolute atomic E-state index is 12.7. The van der Waals surface area contributed by atoms with Crippen molar-refractivity contribution in [2.24, 2.45) is 0 Å². The van der Waals surface area contributed by atoms with E-state index in [2.05, 4.69) is 22.8 Å². The molecule has 2 aliphatic heterocycles. The summed E-state index contributed by atoms with van der Waals surface area (Å²) >= 11 is 0. The second-order valence-corrected chi connectivity index (χ2v) is 6.23. The summed E-state index contributed by atoms with van der Waals surface area (Å²) in [5.74, 6) is 0.133. The number of hydrogen-bond donors (Lipinski definition) is 2. The van der Waals surface area contributed by atoms with Crippen LogP contribution in [0.4, 0.5) is 0 Å². The van der Waals surface area contributed by atoms with Crippen molar-refractivity contribution < 1.29 is 9.59 Å². The van der Waals surface area contributed by atoms with Crippen LogP contribution < -0.4 is 10.6 Å². The van der Waals surface area contributed by atoms with Gasteiger partial charge in [0.25, 0.3) is 0 Å². The van der Waals surface area contributed by atoms with Gasteiger partial charge < -0.3 is 15.5 Å². The molecular weight excluding hydrogens is 314 g/mol. The van der Waals surface area contributed by atoms with Crippen LogP contribution in [0.5, 0.6) is 0 Å². The number of hydrogen-bond acceptors (Lipinski definition) is 3. The smallest absolute Gasteiger partial charge is 0.240 e. The number of amides is 2. The normalized spacial score (nSPS) is 23.4. The molecule has 126 valence electrons. The molecule has 0 aromatic heterocycles. The molecule has 3 rings (SSSR count). The molecule has 6 heteroatoms. The lowest BCUT2D eigenvalue weighted by atomic mass is 9.94. The van der Waals surface area contributed by atoms with Gasteiger partial charge in [0.2, 0.25) is 11.8 Å². The van der Waals surface area contributed by atoms with Crippen LogP contribution in [-0.4, -0.2) is 41.9 Å². The molecule has 2 amide bonds. The maximum Gasteiger partial charge on any atom is 0.240 e. The molecule has 1 aromatic rings. The van der Waals surface area contributed by atoms with Gasteiger partial charge in [0, 0.05) is 32.6 Å². The first-order valence-corrected chi connectivity index (χ1v) is 7.99. The molecule has 23 heavy (non-hydrogen) atoms. The first-order valence-electron chi connectivity index (χ1n) is 7.99. The zero-order valence-electron chi connectivity index (χ0n) is 13.4. The molecule has 0 spiro atoms. The fourth-order valence-corrected chi connectivity index (χ4v) is 3.43. The van der Waals surface area contributed by atoms with Crippen LogP contribution in [0.15, 0.2) is 24.3 Å². The Morgan fingerprint density at radius 3 is 2.74 bits per heavy atom. The van der Waals surface area contributed by atoms with Crippen molar-refractivity contribution in [2.75, 3.05) is 13.1 Å². The number of halogens is 1. The van der Waals surface area contributed by atoms with E-state index in [0.29, 0.717) is 6.54 Å². The van der Waals surface area contributed by atoms with Gasteiger partial charge >= 0.3 is 0 Å². The Morgan fingerprint density at radius 1 is 1.26 bits per heavy atom. The van der Waals surface area contributed by atoms with E-state index in [-0.39, 0.29) is 36.3 Å². The van der Waals surface area contributed by atoms with Crippen LogP contribution in [-0.2, 0) is 22.6 Å². The highest BCUT2D eigenvalue weighted by Gasteiger charge is 2.31. The summed E-state index contributed by atoms with van der Waals surface area (Å²) in [5, 5.41) is 6.28. The van der Waals surface area contributed by atoms with Crippen LogP contribution in [0.25, 0.3) is 0 Å². The van der Waals surface area contributed by atoms with Gasteiger partial charge in [-0.2, -0.15) is 0 Å². The van der Waals surface area contributed by atoms with Crippen molar-refractivity contribution in [1.29, 1.82) is 0 Å². The molecular formula is C17H24ClN3O2. The minimum Gasteiger partial charge on any atom is -0.352 e. The molecule has 0 aliphatic carbocycles. The van der Waals surface area contributed by atoms with Crippen molar-refractivity contribution in [3.8, 4) is 0 Å². The summed E-state index contributed by atoms with van der Waals surface area (Å²) in [6, 6.07) is 8.21. The largest absolute Gasteiger partial charge is 0.352 e. The number of fused-ring (bicyclic) bond motifs is 1. The summed E-state index contributed by atoms with van der Waals surface area (Å²) in [7, 11) is 0. The third-order valence-corrected chi connectivity index (χ3v) is 4.52. The molecule has 2 unspecified atom stereocenters. The lowest BCUT2D eigenvalue weighted by molar-refractivity contribution is -0.135. The van der Waals surface area contributed by atoms with E-state index in [1.165, 1.54) is 18.1 Å². The topological polar surface area (TPSA) is 61.4 Å². The van der Waals surface area contributed by atoms with Gasteiger partial charge in [-0.15, -0.1) is 12.4 Å². The molecule has 2 atom stereocenters. The quantitative estimate of drug-likeness (QED) is 0.854. The number of carbonyl (C=O) groups excluding carboxylic acids is 2. The van der Waals surface area contributed by atoms with Crippen LogP contribution in [0.3, 0.4) is 0 Å². The van der Waals surface area contributed by atoms with Gasteiger partial charge in [0.05, 0.1) is 6.04 Å². The Balaban J connectivity index is 0.00000192. The number of likely N-dealkylation sites (tertiary alicyclic amines) is 1. The van der Waals surface area contributed by atoms with Crippen LogP contribution >= 0.6 is 12.4 Å². The van der Waals surface area contributed by atoms with Gasteiger partial charge in [-0.05, 0) is 30.4 Å². The van der Waals surface area contributed by atoms with E-state index in [9.17, 15) is 9.59 Å². The first-order chi connectivity index (χ1) is 10.6. The monoisotopic (exact) mass is 337 g/mol. The highest BCUT2D eigenvalue weighted by atomic mass is 35.5. The van der Waals surface area contributed by atoms with Gasteiger partial charge in [0.1, 0.15) is 0 Å². The molecule has 1 fully saturated rings. The van der Waals surface area contributed by atoms with E-state index in [0.717, 1.165) is 32.4 Å². The summed E-state index contributed by atoms with van der Waals surface area (Å²) in [5.41, 5.74) is 2.54. The molecule has 5 nitrogen and oxygen atoms in total. The van der Waals surface area contributed by atoms with Gasteiger partial charge in [-0.1, -0.05) is 24.3 Å². The maximum atomic E-state index is 12.7. The standard InChI is InChI=1S/C17H23N3O2.ClH/c1-12(21)19-15-7-4-8-20(11-15)17(22)16-9-13-5-2-3-6-14(13)10-18-16;/h2-3,5-6,15-16,18H,4,7-11H2,1H3,(H,19,21);1H. The van der Waals surface area contributed by atoms with Crippen molar-refractivity contribution in [2.45, 2.75) is 44.8 Å². The fraction of sp³-hybridized carbons (Fsp3) is 0.529. The number of benzene rings is 1. The van der Waals surface area contributed by atoms with E-state index in [1.54, 1.807) is 0 Å². The average Bonchev–Trinajstić information content (AvgIpc) is 2.53. The highest BCUT2D eigenvalue weighted by molar-refractivity contribution is 5.85. The molecule has 1 aromatic carbocycles. The zero-order chi connectivity index (χ0) is 15.5. The SMILES string of the molecule is CC(=O)NC1CCCN(C(=O)C2Cc3ccccc3CN2)C1.Cl. The second kappa shape index (κ2) is 7.79. The highest BCUT2D eigenvalue weighted by Crippen LogP contribution is 2.19. The predicted molar refractivity (Wildman–Crippen MR) is 91.4 cm³/mol. The Hall–Kier alpha value is -1.59. The van der Waals surface area contributed by atoms with Crippen molar-refractivity contribution in [3.05, 3.63) is 35.4 Å². The molecule has 2 heterocycles. The van der Waals surface area contributed by atoms with E-state index in [4.69, 9.17) is 0 Å². The molecule has 0 radical (unpaired) electrons. The second-order valence-electron chi connectivity index (χ2n) is 6.23. The van der Waals surface area contributed by atoms with E-state index < -0.39 is 0 Å². The Kier molecular flexibility index (Phi) is 6.02. The molecule has 2 aliphatic rings. The van der Waals surface area contributed by atoms with E-state index >= 15 is 0 Å². The third kappa shape index (κ3) is 4.24. The third-order valence-electron chi connectivity index (χ3n) is 4.52. The molecule has 0 saturated carbocycles. The zero-order valence-corrected chi connectivity index (χ0v) is 14.2. The predicted octanol–water partition coefficient (Wildman–Crippen LogP) is 1.25. The first kappa shape index (κ1) is 17.8. The minimum atomic E-state index is -0.147. The number of rotatable bonds is 2. The number of carbonyl (C=O) groups is 2. The van der Waals surface area contributed by atoms with Gasteiger partial charge in [0.15, 0.2) is 0 Å². The number of nitrogens with one attached hydrogen (secondary N) is 2. The lowest BCUT2D eigenvalue weighted by Gasteiger charge is -2.36.